The molecule has 2 heterocycles. The van der Waals surface area contributed by atoms with Crippen molar-refractivity contribution in [3.63, 3.8) is 0 Å². The average Bonchev–Trinajstić information content (AvgIpc) is 2.89. The topological polar surface area (TPSA) is 30.5 Å². The zero-order valence-electron chi connectivity index (χ0n) is 11.1. The van der Waals surface area contributed by atoms with Crippen molar-refractivity contribution < 1.29 is 9.47 Å². The van der Waals surface area contributed by atoms with E-state index in [1.807, 2.05) is 0 Å². The lowest BCUT2D eigenvalue weighted by molar-refractivity contribution is 0.00737. The third kappa shape index (κ3) is 4.23. The third-order valence-corrected chi connectivity index (χ3v) is 4.07. The van der Waals surface area contributed by atoms with Gasteiger partial charge < -0.3 is 14.8 Å². The van der Waals surface area contributed by atoms with Crippen LogP contribution in [0.1, 0.15) is 45.4 Å². The summed E-state index contributed by atoms with van der Waals surface area (Å²) in [4.78, 5) is 0. The van der Waals surface area contributed by atoms with E-state index in [0.717, 1.165) is 32.3 Å². The molecule has 0 aromatic carbocycles. The molecule has 3 nitrogen and oxygen atoms in total. The summed E-state index contributed by atoms with van der Waals surface area (Å²) in [5.74, 6) is 0.721. The standard InChI is InChI=1S/C14H27NO2/c1-2-15-14(12-8-10-16-11-12)7-6-13-5-3-4-9-17-13/h12-15H,2-11H2,1H3. The van der Waals surface area contributed by atoms with Gasteiger partial charge in [0.2, 0.25) is 0 Å². The lowest BCUT2D eigenvalue weighted by Gasteiger charge is -2.27. The van der Waals surface area contributed by atoms with E-state index in [-0.39, 0.29) is 0 Å². The average molecular weight is 241 g/mol. The van der Waals surface area contributed by atoms with Crippen molar-refractivity contribution in [2.75, 3.05) is 26.4 Å². The Morgan fingerprint density at radius 2 is 2.18 bits per heavy atom. The molecule has 0 bridgehead atoms. The van der Waals surface area contributed by atoms with Crippen LogP contribution in [0.2, 0.25) is 0 Å². The van der Waals surface area contributed by atoms with E-state index in [1.54, 1.807) is 0 Å². The smallest absolute Gasteiger partial charge is 0.0575 e. The Kier molecular flexibility index (Phi) is 5.75. The van der Waals surface area contributed by atoms with Crippen LogP contribution in [0.3, 0.4) is 0 Å². The first kappa shape index (κ1) is 13.3. The third-order valence-electron chi connectivity index (χ3n) is 4.07. The van der Waals surface area contributed by atoms with Gasteiger partial charge in [0.05, 0.1) is 12.7 Å². The van der Waals surface area contributed by atoms with Crippen LogP contribution >= 0.6 is 0 Å². The molecule has 2 saturated heterocycles. The van der Waals surface area contributed by atoms with Crippen LogP contribution in [0.15, 0.2) is 0 Å². The molecule has 2 aliphatic heterocycles. The lowest BCUT2D eigenvalue weighted by atomic mass is 9.92. The summed E-state index contributed by atoms with van der Waals surface area (Å²) in [5.41, 5.74) is 0. The number of hydrogen-bond donors (Lipinski definition) is 1. The van der Waals surface area contributed by atoms with Crippen molar-refractivity contribution in [1.82, 2.24) is 5.32 Å². The maximum Gasteiger partial charge on any atom is 0.0575 e. The minimum absolute atomic E-state index is 0.521. The van der Waals surface area contributed by atoms with E-state index in [2.05, 4.69) is 12.2 Å². The van der Waals surface area contributed by atoms with E-state index in [1.165, 1.54) is 38.5 Å². The highest BCUT2D eigenvalue weighted by Gasteiger charge is 2.26. The van der Waals surface area contributed by atoms with E-state index in [9.17, 15) is 0 Å². The first-order valence-corrected chi connectivity index (χ1v) is 7.33. The van der Waals surface area contributed by atoms with Gasteiger partial charge in [-0.05, 0) is 51.0 Å². The molecule has 17 heavy (non-hydrogen) atoms. The molecule has 3 heteroatoms. The van der Waals surface area contributed by atoms with Crippen LogP contribution < -0.4 is 5.32 Å². The largest absolute Gasteiger partial charge is 0.381 e. The Labute approximate surface area is 105 Å². The number of hydrogen-bond acceptors (Lipinski definition) is 3. The first-order chi connectivity index (χ1) is 8.40. The van der Waals surface area contributed by atoms with Gasteiger partial charge in [-0.2, -0.15) is 0 Å². The molecule has 2 aliphatic rings. The molecule has 0 amide bonds. The van der Waals surface area contributed by atoms with E-state index in [4.69, 9.17) is 9.47 Å². The maximum absolute atomic E-state index is 5.81. The van der Waals surface area contributed by atoms with Crippen molar-refractivity contribution in [2.45, 2.75) is 57.6 Å². The minimum Gasteiger partial charge on any atom is -0.381 e. The molecule has 0 spiro atoms. The highest BCUT2D eigenvalue weighted by molar-refractivity contribution is 4.80. The van der Waals surface area contributed by atoms with Crippen molar-refractivity contribution in [1.29, 1.82) is 0 Å². The van der Waals surface area contributed by atoms with Crippen LogP contribution in [0, 0.1) is 5.92 Å². The van der Waals surface area contributed by atoms with Crippen LogP contribution in [-0.4, -0.2) is 38.5 Å². The molecule has 1 N–H and O–H groups in total. The fourth-order valence-electron chi connectivity index (χ4n) is 3.04. The predicted octanol–water partition coefficient (Wildman–Crippen LogP) is 2.35. The molecule has 3 unspecified atom stereocenters. The van der Waals surface area contributed by atoms with Crippen LogP contribution in [-0.2, 0) is 9.47 Å². The van der Waals surface area contributed by atoms with E-state index in [0.29, 0.717) is 12.1 Å². The van der Waals surface area contributed by atoms with E-state index < -0.39 is 0 Å². The zero-order chi connectivity index (χ0) is 11.9. The molecule has 2 rings (SSSR count). The van der Waals surface area contributed by atoms with E-state index >= 15 is 0 Å². The highest BCUT2D eigenvalue weighted by atomic mass is 16.5. The van der Waals surface area contributed by atoms with Gasteiger partial charge in [0.25, 0.3) is 0 Å². The molecule has 100 valence electrons. The van der Waals surface area contributed by atoms with Crippen LogP contribution in [0.4, 0.5) is 0 Å². The molecular formula is C14H27NO2. The monoisotopic (exact) mass is 241 g/mol. The second-order valence-electron chi connectivity index (χ2n) is 5.35. The van der Waals surface area contributed by atoms with Crippen molar-refractivity contribution in [2.24, 2.45) is 5.92 Å². The Bertz CT molecular complexity index is 198. The maximum atomic E-state index is 5.81. The van der Waals surface area contributed by atoms with Gasteiger partial charge in [-0.15, -0.1) is 0 Å². The van der Waals surface area contributed by atoms with Gasteiger partial charge >= 0.3 is 0 Å². The lowest BCUT2D eigenvalue weighted by Crippen LogP contribution is -2.37. The number of nitrogens with one attached hydrogen (secondary N) is 1. The highest BCUT2D eigenvalue weighted by Crippen LogP contribution is 2.23. The van der Waals surface area contributed by atoms with Crippen molar-refractivity contribution in [3.05, 3.63) is 0 Å². The molecule has 0 aromatic rings. The fraction of sp³-hybridized carbons (Fsp3) is 1.00. The van der Waals surface area contributed by atoms with Crippen LogP contribution in [0.25, 0.3) is 0 Å². The Morgan fingerprint density at radius 3 is 2.82 bits per heavy atom. The van der Waals surface area contributed by atoms with Gasteiger partial charge in [0, 0.05) is 19.3 Å². The molecular weight excluding hydrogens is 214 g/mol. The predicted molar refractivity (Wildman–Crippen MR) is 69.2 cm³/mol. The SMILES string of the molecule is CCNC(CCC1CCCCO1)C1CCOC1. The summed E-state index contributed by atoms with van der Waals surface area (Å²) in [7, 11) is 0. The summed E-state index contributed by atoms with van der Waals surface area (Å²) in [5, 5.41) is 3.63. The van der Waals surface area contributed by atoms with Crippen molar-refractivity contribution in [3.8, 4) is 0 Å². The molecule has 0 saturated carbocycles. The normalized spacial score (nSPS) is 31.6. The summed E-state index contributed by atoms with van der Waals surface area (Å²) < 4.78 is 11.3. The summed E-state index contributed by atoms with van der Waals surface area (Å²) >= 11 is 0. The van der Waals surface area contributed by atoms with Crippen LogP contribution in [0.5, 0.6) is 0 Å². The molecule has 3 atom stereocenters. The molecule has 0 aliphatic carbocycles. The Morgan fingerprint density at radius 1 is 1.24 bits per heavy atom. The van der Waals surface area contributed by atoms with Gasteiger partial charge in [-0.3, -0.25) is 0 Å². The summed E-state index contributed by atoms with van der Waals surface area (Å²) in [6.45, 7) is 6.13. The second kappa shape index (κ2) is 7.34. The first-order valence-electron chi connectivity index (χ1n) is 7.33. The molecule has 0 radical (unpaired) electrons. The van der Waals surface area contributed by atoms with Gasteiger partial charge in [-0.1, -0.05) is 6.92 Å². The summed E-state index contributed by atoms with van der Waals surface area (Å²) in [6, 6.07) is 0.632. The quantitative estimate of drug-likeness (QED) is 0.774. The Balaban J connectivity index is 1.72. The van der Waals surface area contributed by atoms with Gasteiger partial charge in [-0.25, -0.2) is 0 Å². The van der Waals surface area contributed by atoms with Crippen molar-refractivity contribution >= 4 is 0 Å². The van der Waals surface area contributed by atoms with Gasteiger partial charge in [0.1, 0.15) is 0 Å². The number of ether oxygens (including phenoxy) is 2. The fourth-order valence-corrected chi connectivity index (χ4v) is 3.04. The molecule has 2 fully saturated rings. The Hall–Kier alpha value is -0.120. The second-order valence-corrected chi connectivity index (χ2v) is 5.35. The number of rotatable bonds is 6. The molecule has 0 aromatic heterocycles. The van der Waals surface area contributed by atoms with Gasteiger partial charge in [0.15, 0.2) is 0 Å². The minimum atomic E-state index is 0.521. The zero-order valence-corrected chi connectivity index (χ0v) is 11.1. The summed E-state index contributed by atoms with van der Waals surface area (Å²) in [6.07, 6.45) is 8.07.